The van der Waals surface area contributed by atoms with Crippen LogP contribution in [0.5, 0.6) is 5.75 Å². The van der Waals surface area contributed by atoms with Crippen molar-refractivity contribution in [2.24, 2.45) is 5.10 Å². The second kappa shape index (κ2) is 6.71. The summed E-state index contributed by atoms with van der Waals surface area (Å²) < 4.78 is 0. The molecule has 22 heavy (non-hydrogen) atoms. The number of phenols is 1. The number of aromatic hydroxyl groups is 1. The van der Waals surface area contributed by atoms with Crippen molar-refractivity contribution < 1.29 is 5.11 Å². The van der Waals surface area contributed by atoms with Crippen molar-refractivity contribution in [1.82, 2.24) is 5.01 Å². The van der Waals surface area contributed by atoms with E-state index in [1.54, 1.807) is 12.1 Å². The second-order valence-electron chi connectivity index (χ2n) is 5.25. The van der Waals surface area contributed by atoms with E-state index in [2.05, 4.69) is 27.1 Å². The second-order valence-corrected chi connectivity index (χ2v) is 5.69. The molecule has 1 fully saturated rings. The van der Waals surface area contributed by atoms with E-state index in [0.717, 1.165) is 36.8 Å². The van der Waals surface area contributed by atoms with Gasteiger partial charge in [-0.1, -0.05) is 11.6 Å². The number of hydrogen-bond donors (Lipinski definition) is 1. The molecule has 5 heteroatoms. The zero-order valence-electron chi connectivity index (χ0n) is 12.2. The largest absolute Gasteiger partial charge is 0.508 e. The Bertz CT molecular complexity index is 632. The SMILES string of the molecule is Oc1ccc(C=NN2CCN(c3ccc(Cl)cc3)CC2)cc1. The van der Waals surface area contributed by atoms with Crippen LogP contribution in [0.1, 0.15) is 5.56 Å². The normalized spacial score (nSPS) is 15.5. The summed E-state index contributed by atoms with van der Waals surface area (Å²) in [5.41, 5.74) is 2.18. The van der Waals surface area contributed by atoms with Gasteiger partial charge in [-0.3, -0.25) is 5.01 Å². The van der Waals surface area contributed by atoms with Gasteiger partial charge in [0, 0.05) is 23.8 Å². The molecule has 0 spiro atoms. The van der Waals surface area contributed by atoms with Gasteiger partial charge in [0.15, 0.2) is 0 Å². The monoisotopic (exact) mass is 315 g/mol. The first-order valence-electron chi connectivity index (χ1n) is 7.29. The van der Waals surface area contributed by atoms with E-state index in [1.165, 1.54) is 5.69 Å². The van der Waals surface area contributed by atoms with Crippen LogP contribution in [0, 0.1) is 0 Å². The van der Waals surface area contributed by atoms with Crippen molar-refractivity contribution in [3.8, 4) is 5.75 Å². The van der Waals surface area contributed by atoms with Crippen molar-refractivity contribution in [1.29, 1.82) is 0 Å². The van der Waals surface area contributed by atoms with Gasteiger partial charge >= 0.3 is 0 Å². The lowest BCUT2D eigenvalue weighted by atomic mass is 10.2. The minimum Gasteiger partial charge on any atom is -0.508 e. The number of nitrogens with zero attached hydrogens (tertiary/aromatic N) is 3. The molecule has 0 atom stereocenters. The number of anilines is 1. The molecule has 0 amide bonds. The van der Waals surface area contributed by atoms with E-state index >= 15 is 0 Å². The van der Waals surface area contributed by atoms with Crippen LogP contribution < -0.4 is 4.90 Å². The van der Waals surface area contributed by atoms with E-state index < -0.39 is 0 Å². The Balaban J connectivity index is 1.55. The van der Waals surface area contributed by atoms with E-state index in [9.17, 15) is 5.11 Å². The zero-order valence-corrected chi connectivity index (χ0v) is 12.9. The first-order valence-corrected chi connectivity index (χ1v) is 7.67. The Labute approximate surface area is 135 Å². The minimum absolute atomic E-state index is 0.272. The zero-order chi connectivity index (χ0) is 15.4. The third-order valence-electron chi connectivity index (χ3n) is 3.71. The molecule has 1 N–H and O–H groups in total. The highest BCUT2D eigenvalue weighted by Crippen LogP contribution is 2.19. The highest BCUT2D eigenvalue weighted by Gasteiger charge is 2.15. The average molecular weight is 316 g/mol. The summed E-state index contributed by atoms with van der Waals surface area (Å²) in [7, 11) is 0. The van der Waals surface area contributed by atoms with Gasteiger partial charge in [-0.25, -0.2) is 0 Å². The van der Waals surface area contributed by atoms with Gasteiger partial charge in [-0.2, -0.15) is 5.10 Å². The number of piperazine rings is 1. The fourth-order valence-electron chi connectivity index (χ4n) is 2.43. The Morgan fingerprint density at radius 1 is 0.909 bits per heavy atom. The van der Waals surface area contributed by atoms with Gasteiger partial charge in [0.2, 0.25) is 0 Å². The molecule has 3 rings (SSSR count). The van der Waals surface area contributed by atoms with E-state index in [4.69, 9.17) is 11.6 Å². The highest BCUT2D eigenvalue weighted by molar-refractivity contribution is 6.30. The van der Waals surface area contributed by atoms with Crippen molar-refractivity contribution in [2.75, 3.05) is 31.1 Å². The van der Waals surface area contributed by atoms with Crippen LogP contribution in [0.25, 0.3) is 0 Å². The molecule has 0 bridgehead atoms. The smallest absolute Gasteiger partial charge is 0.115 e. The minimum atomic E-state index is 0.272. The maximum atomic E-state index is 9.26. The molecule has 2 aromatic rings. The number of halogens is 1. The number of benzene rings is 2. The molecule has 0 radical (unpaired) electrons. The van der Waals surface area contributed by atoms with Gasteiger partial charge in [0.05, 0.1) is 19.3 Å². The molecule has 114 valence electrons. The number of hydrogen-bond acceptors (Lipinski definition) is 4. The molecule has 0 aliphatic carbocycles. The number of rotatable bonds is 3. The molecular weight excluding hydrogens is 298 g/mol. The third-order valence-corrected chi connectivity index (χ3v) is 3.96. The molecule has 1 aliphatic rings. The van der Waals surface area contributed by atoms with Crippen LogP contribution in [0.2, 0.25) is 5.02 Å². The Morgan fingerprint density at radius 2 is 1.55 bits per heavy atom. The van der Waals surface area contributed by atoms with Crippen molar-refractivity contribution in [3.63, 3.8) is 0 Å². The Kier molecular flexibility index (Phi) is 4.49. The van der Waals surface area contributed by atoms with E-state index in [1.807, 2.05) is 30.5 Å². The molecule has 0 aromatic heterocycles. The van der Waals surface area contributed by atoms with E-state index in [-0.39, 0.29) is 5.75 Å². The number of phenolic OH excluding ortho intramolecular Hbond substituents is 1. The lowest BCUT2D eigenvalue weighted by Gasteiger charge is -2.34. The highest BCUT2D eigenvalue weighted by atomic mass is 35.5. The third kappa shape index (κ3) is 3.71. The summed E-state index contributed by atoms with van der Waals surface area (Å²) >= 11 is 5.92. The van der Waals surface area contributed by atoms with Crippen LogP contribution in [0.3, 0.4) is 0 Å². The van der Waals surface area contributed by atoms with Crippen LogP contribution in [0.15, 0.2) is 53.6 Å². The quantitative estimate of drug-likeness (QED) is 0.884. The fourth-order valence-corrected chi connectivity index (χ4v) is 2.56. The van der Waals surface area contributed by atoms with Crippen molar-refractivity contribution in [3.05, 3.63) is 59.1 Å². The molecule has 1 saturated heterocycles. The molecule has 0 saturated carbocycles. The maximum absolute atomic E-state index is 9.26. The predicted molar refractivity (Wildman–Crippen MR) is 90.9 cm³/mol. The average Bonchev–Trinajstić information content (AvgIpc) is 2.56. The Morgan fingerprint density at radius 3 is 2.18 bits per heavy atom. The standard InChI is InChI=1S/C17H18ClN3O/c18-15-3-5-16(6-4-15)20-9-11-21(12-10-20)19-13-14-1-7-17(22)8-2-14/h1-8,13,22H,9-12H2. The summed E-state index contributed by atoms with van der Waals surface area (Å²) in [5, 5.41) is 16.6. The molecule has 0 unspecified atom stereocenters. The van der Waals surface area contributed by atoms with Crippen LogP contribution >= 0.6 is 11.6 Å². The Hall–Kier alpha value is -2.20. The molecule has 1 heterocycles. The molecule has 2 aromatic carbocycles. The van der Waals surface area contributed by atoms with E-state index in [0.29, 0.717) is 0 Å². The first-order chi connectivity index (χ1) is 10.7. The summed E-state index contributed by atoms with van der Waals surface area (Å²) in [5.74, 6) is 0.272. The molecular formula is C17H18ClN3O. The molecule has 4 nitrogen and oxygen atoms in total. The van der Waals surface area contributed by atoms with Gasteiger partial charge in [0.25, 0.3) is 0 Å². The lowest BCUT2D eigenvalue weighted by molar-refractivity contribution is 0.272. The first kappa shape index (κ1) is 14.7. The van der Waals surface area contributed by atoms with Crippen molar-refractivity contribution >= 4 is 23.5 Å². The van der Waals surface area contributed by atoms with Gasteiger partial charge < -0.3 is 10.0 Å². The summed E-state index contributed by atoms with van der Waals surface area (Å²) in [4.78, 5) is 2.34. The van der Waals surface area contributed by atoms with Gasteiger partial charge in [0.1, 0.15) is 5.75 Å². The van der Waals surface area contributed by atoms with Crippen LogP contribution in [-0.2, 0) is 0 Å². The fraction of sp³-hybridized carbons (Fsp3) is 0.235. The van der Waals surface area contributed by atoms with Crippen LogP contribution in [-0.4, -0.2) is 42.5 Å². The van der Waals surface area contributed by atoms with Crippen molar-refractivity contribution in [2.45, 2.75) is 0 Å². The summed E-state index contributed by atoms with van der Waals surface area (Å²) in [6.07, 6.45) is 1.83. The predicted octanol–water partition coefficient (Wildman–Crippen LogP) is 3.20. The summed E-state index contributed by atoms with van der Waals surface area (Å²) in [6, 6.07) is 15.0. The lowest BCUT2D eigenvalue weighted by Crippen LogP contribution is -2.44. The maximum Gasteiger partial charge on any atom is 0.115 e. The molecule has 1 aliphatic heterocycles. The van der Waals surface area contributed by atoms with Gasteiger partial charge in [-0.05, 0) is 54.1 Å². The van der Waals surface area contributed by atoms with Crippen LogP contribution in [0.4, 0.5) is 5.69 Å². The topological polar surface area (TPSA) is 39.1 Å². The number of hydrazone groups is 1. The summed E-state index contributed by atoms with van der Waals surface area (Å²) in [6.45, 7) is 3.65. The van der Waals surface area contributed by atoms with Gasteiger partial charge in [-0.15, -0.1) is 0 Å².